The van der Waals surface area contributed by atoms with Crippen LogP contribution in [-0.2, 0) is 6.61 Å². The number of nitrogens with zero attached hydrogens (tertiary/aromatic N) is 1. The summed E-state index contributed by atoms with van der Waals surface area (Å²) in [6, 6.07) is 11.5. The van der Waals surface area contributed by atoms with E-state index in [1.807, 2.05) is 6.07 Å². The number of aliphatic hydroxyl groups is 1. The topological polar surface area (TPSA) is 84.6 Å². The Morgan fingerprint density at radius 3 is 2.73 bits per heavy atom. The van der Waals surface area contributed by atoms with Gasteiger partial charge in [0, 0.05) is 12.6 Å². The summed E-state index contributed by atoms with van der Waals surface area (Å²) in [5.41, 5.74) is 0.898. The number of benzene rings is 2. The van der Waals surface area contributed by atoms with E-state index < -0.39 is 4.92 Å². The Morgan fingerprint density at radius 2 is 2.05 bits per heavy atom. The monoisotopic (exact) mass is 322 g/mol. The smallest absolute Gasteiger partial charge is 0.292 e. The Balaban J connectivity index is 1.96. The van der Waals surface area contributed by atoms with E-state index in [4.69, 9.17) is 21.4 Å². The molecule has 0 amide bonds. The molecule has 2 N–H and O–H groups in total. The van der Waals surface area contributed by atoms with Crippen LogP contribution < -0.4 is 10.1 Å². The van der Waals surface area contributed by atoms with Gasteiger partial charge in [-0.2, -0.15) is 0 Å². The van der Waals surface area contributed by atoms with E-state index in [9.17, 15) is 10.1 Å². The van der Waals surface area contributed by atoms with Crippen LogP contribution in [0.1, 0.15) is 5.56 Å². The molecule has 0 saturated heterocycles. The van der Waals surface area contributed by atoms with Crippen LogP contribution in [0.5, 0.6) is 5.75 Å². The Kier molecular flexibility index (Phi) is 5.57. The third-order valence-electron chi connectivity index (χ3n) is 2.95. The molecule has 2 aromatic rings. The minimum Gasteiger partial charge on any atom is -0.490 e. The lowest BCUT2D eigenvalue weighted by molar-refractivity contribution is -0.384. The van der Waals surface area contributed by atoms with Gasteiger partial charge in [0.25, 0.3) is 5.69 Å². The number of halogens is 1. The summed E-state index contributed by atoms with van der Waals surface area (Å²) in [5.74, 6) is 0.560. The van der Waals surface area contributed by atoms with E-state index in [0.717, 1.165) is 0 Å². The van der Waals surface area contributed by atoms with Crippen molar-refractivity contribution in [3.63, 3.8) is 0 Å². The van der Waals surface area contributed by atoms with Gasteiger partial charge < -0.3 is 15.2 Å². The first kappa shape index (κ1) is 16.1. The normalized spacial score (nSPS) is 10.3. The second-order valence-corrected chi connectivity index (χ2v) is 4.88. The van der Waals surface area contributed by atoms with Gasteiger partial charge in [-0.25, -0.2) is 0 Å². The zero-order valence-corrected chi connectivity index (χ0v) is 12.4. The number of rotatable bonds is 7. The van der Waals surface area contributed by atoms with Crippen molar-refractivity contribution in [2.24, 2.45) is 0 Å². The third kappa shape index (κ3) is 4.09. The Bertz CT molecular complexity index is 664. The lowest BCUT2D eigenvalue weighted by Crippen LogP contribution is -2.13. The van der Waals surface area contributed by atoms with Crippen LogP contribution in [0.2, 0.25) is 5.02 Å². The lowest BCUT2D eigenvalue weighted by Gasteiger charge is -2.10. The fourth-order valence-corrected chi connectivity index (χ4v) is 2.08. The van der Waals surface area contributed by atoms with Gasteiger partial charge in [0.2, 0.25) is 0 Å². The summed E-state index contributed by atoms with van der Waals surface area (Å²) >= 11 is 5.96. The van der Waals surface area contributed by atoms with Crippen molar-refractivity contribution in [1.29, 1.82) is 0 Å². The highest BCUT2D eigenvalue weighted by Gasteiger charge is 2.13. The van der Waals surface area contributed by atoms with E-state index in [1.54, 1.807) is 24.3 Å². The van der Waals surface area contributed by atoms with Crippen molar-refractivity contribution in [3.05, 3.63) is 63.2 Å². The number of para-hydroxylation sites is 1. The molecule has 116 valence electrons. The number of hydrogen-bond acceptors (Lipinski definition) is 5. The largest absolute Gasteiger partial charge is 0.490 e. The molecule has 6 nitrogen and oxygen atoms in total. The minimum atomic E-state index is -0.474. The average molecular weight is 323 g/mol. The number of anilines is 1. The SMILES string of the molecule is O=[N+]([O-])c1ccc(CO)cc1NCCOc1ccccc1Cl. The van der Waals surface area contributed by atoms with Crippen molar-refractivity contribution >= 4 is 23.0 Å². The third-order valence-corrected chi connectivity index (χ3v) is 3.26. The van der Waals surface area contributed by atoms with Gasteiger partial charge in [-0.15, -0.1) is 0 Å². The van der Waals surface area contributed by atoms with Gasteiger partial charge in [0.1, 0.15) is 18.0 Å². The molecule has 0 aromatic heterocycles. The highest BCUT2D eigenvalue weighted by atomic mass is 35.5. The quantitative estimate of drug-likeness (QED) is 0.464. The maximum absolute atomic E-state index is 11.0. The fraction of sp³-hybridized carbons (Fsp3) is 0.200. The van der Waals surface area contributed by atoms with Gasteiger partial charge in [-0.3, -0.25) is 10.1 Å². The molecule has 0 aliphatic heterocycles. The number of aliphatic hydroxyl groups excluding tert-OH is 1. The molecular formula is C15H15ClN2O4. The first-order chi connectivity index (χ1) is 10.6. The summed E-state index contributed by atoms with van der Waals surface area (Å²) in [6.07, 6.45) is 0. The number of nitrogens with one attached hydrogen (secondary N) is 1. The molecular weight excluding hydrogens is 308 g/mol. The summed E-state index contributed by atoms with van der Waals surface area (Å²) in [7, 11) is 0. The second kappa shape index (κ2) is 7.63. The average Bonchev–Trinajstić information content (AvgIpc) is 2.52. The number of ether oxygens (including phenoxy) is 1. The van der Waals surface area contributed by atoms with E-state index in [-0.39, 0.29) is 12.3 Å². The maximum Gasteiger partial charge on any atom is 0.292 e. The predicted molar refractivity (Wildman–Crippen MR) is 84.5 cm³/mol. The van der Waals surface area contributed by atoms with E-state index in [0.29, 0.717) is 35.2 Å². The van der Waals surface area contributed by atoms with Crippen molar-refractivity contribution in [2.75, 3.05) is 18.5 Å². The van der Waals surface area contributed by atoms with Crippen molar-refractivity contribution in [1.82, 2.24) is 0 Å². The summed E-state index contributed by atoms with van der Waals surface area (Å²) in [4.78, 5) is 10.5. The maximum atomic E-state index is 11.0. The van der Waals surface area contributed by atoms with E-state index in [1.165, 1.54) is 12.1 Å². The van der Waals surface area contributed by atoms with Crippen LogP contribution in [0.4, 0.5) is 11.4 Å². The summed E-state index contributed by atoms with van der Waals surface area (Å²) in [5, 5.41) is 23.5. The number of hydrogen-bond donors (Lipinski definition) is 2. The fourth-order valence-electron chi connectivity index (χ4n) is 1.89. The van der Waals surface area contributed by atoms with Crippen LogP contribution in [0.3, 0.4) is 0 Å². The Labute approximate surface area is 132 Å². The molecule has 0 fully saturated rings. The molecule has 0 spiro atoms. The predicted octanol–water partition coefficient (Wildman–Crippen LogP) is 3.23. The zero-order valence-electron chi connectivity index (χ0n) is 11.7. The first-order valence-electron chi connectivity index (χ1n) is 6.61. The molecule has 0 aliphatic rings. The molecule has 22 heavy (non-hydrogen) atoms. The number of nitro benzene ring substituents is 1. The van der Waals surface area contributed by atoms with Crippen LogP contribution in [-0.4, -0.2) is 23.2 Å². The standard InChI is InChI=1S/C15H15ClN2O4/c16-12-3-1-2-4-15(12)22-8-7-17-13-9-11(10-19)5-6-14(13)18(20)21/h1-6,9,17,19H,7-8,10H2. The minimum absolute atomic E-state index is 0.0463. The highest BCUT2D eigenvalue weighted by Crippen LogP contribution is 2.26. The molecule has 2 aromatic carbocycles. The molecule has 0 atom stereocenters. The molecule has 0 aliphatic carbocycles. The molecule has 0 bridgehead atoms. The molecule has 0 unspecified atom stereocenters. The van der Waals surface area contributed by atoms with Gasteiger partial charge in [-0.1, -0.05) is 23.7 Å². The van der Waals surface area contributed by atoms with Crippen LogP contribution in [0.25, 0.3) is 0 Å². The highest BCUT2D eigenvalue weighted by molar-refractivity contribution is 6.32. The Hall–Kier alpha value is -2.31. The van der Waals surface area contributed by atoms with Crippen LogP contribution in [0, 0.1) is 10.1 Å². The van der Waals surface area contributed by atoms with Crippen molar-refractivity contribution in [2.45, 2.75) is 6.61 Å². The molecule has 0 heterocycles. The van der Waals surface area contributed by atoms with Crippen LogP contribution >= 0.6 is 11.6 Å². The lowest BCUT2D eigenvalue weighted by atomic mass is 10.2. The van der Waals surface area contributed by atoms with Crippen molar-refractivity contribution in [3.8, 4) is 5.75 Å². The summed E-state index contributed by atoms with van der Waals surface area (Å²) in [6.45, 7) is 0.480. The van der Waals surface area contributed by atoms with E-state index in [2.05, 4.69) is 5.32 Å². The van der Waals surface area contributed by atoms with Gasteiger partial charge in [0.15, 0.2) is 0 Å². The Morgan fingerprint density at radius 1 is 1.27 bits per heavy atom. The molecule has 2 rings (SSSR count). The van der Waals surface area contributed by atoms with Crippen LogP contribution in [0.15, 0.2) is 42.5 Å². The van der Waals surface area contributed by atoms with Gasteiger partial charge >= 0.3 is 0 Å². The summed E-state index contributed by atoms with van der Waals surface area (Å²) < 4.78 is 5.50. The van der Waals surface area contributed by atoms with Gasteiger partial charge in [0.05, 0.1) is 16.6 Å². The molecule has 7 heteroatoms. The first-order valence-corrected chi connectivity index (χ1v) is 6.99. The van der Waals surface area contributed by atoms with Gasteiger partial charge in [-0.05, 0) is 29.8 Å². The van der Waals surface area contributed by atoms with Crippen molar-refractivity contribution < 1.29 is 14.8 Å². The zero-order chi connectivity index (χ0) is 15.9. The number of nitro groups is 1. The molecule has 0 saturated carbocycles. The molecule has 0 radical (unpaired) electrons. The second-order valence-electron chi connectivity index (χ2n) is 4.47. The van der Waals surface area contributed by atoms with E-state index >= 15 is 0 Å².